The summed E-state index contributed by atoms with van der Waals surface area (Å²) in [7, 11) is 0. The first kappa shape index (κ1) is 22.8. The molecule has 10 nitrogen and oxygen atoms in total. The molecule has 1 aromatic carbocycles. The van der Waals surface area contributed by atoms with Crippen LogP contribution in [0.15, 0.2) is 18.2 Å². The predicted molar refractivity (Wildman–Crippen MR) is 117 cm³/mol. The number of hydrogen-bond acceptors (Lipinski definition) is 7. The van der Waals surface area contributed by atoms with Crippen LogP contribution in [0.25, 0.3) is 0 Å². The molecule has 3 heterocycles. The molecule has 3 aliphatic heterocycles. The minimum Gasteiger partial charge on any atom is -0.449 e. The van der Waals surface area contributed by atoms with Gasteiger partial charge in [-0.15, -0.1) is 0 Å². The highest BCUT2D eigenvalue weighted by atomic mass is 16.6. The van der Waals surface area contributed by atoms with Gasteiger partial charge in [0.1, 0.15) is 6.04 Å². The Labute approximate surface area is 191 Å². The largest absolute Gasteiger partial charge is 0.449 e. The number of carbonyl (C=O) groups is 5. The van der Waals surface area contributed by atoms with Crippen LogP contribution < -0.4 is 10.6 Å². The van der Waals surface area contributed by atoms with Gasteiger partial charge in [-0.1, -0.05) is 13.8 Å². The van der Waals surface area contributed by atoms with Crippen LogP contribution in [-0.4, -0.2) is 71.8 Å². The van der Waals surface area contributed by atoms with Gasteiger partial charge in [0.15, 0.2) is 0 Å². The van der Waals surface area contributed by atoms with Gasteiger partial charge in [0.05, 0.1) is 17.7 Å². The van der Waals surface area contributed by atoms with Crippen LogP contribution in [0.1, 0.15) is 53.8 Å². The Bertz CT molecular complexity index is 1010. The van der Waals surface area contributed by atoms with Crippen LogP contribution in [0.5, 0.6) is 0 Å². The number of hydrogen-bond donors (Lipinski definition) is 2. The summed E-state index contributed by atoms with van der Waals surface area (Å²) in [5.41, 5.74) is 1.16. The van der Waals surface area contributed by atoms with E-state index in [4.69, 9.17) is 4.74 Å². The Morgan fingerprint density at radius 1 is 1.15 bits per heavy atom. The monoisotopic (exact) mass is 456 g/mol. The number of anilines is 1. The summed E-state index contributed by atoms with van der Waals surface area (Å²) in [6.45, 7) is 6.21. The summed E-state index contributed by atoms with van der Waals surface area (Å²) in [6.07, 6.45) is 0.760. The number of ether oxygens (including phenoxy) is 1. The fourth-order valence-corrected chi connectivity index (χ4v) is 4.34. The Hall–Kier alpha value is -3.43. The number of imide groups is 2. The zero-order valence-corrected chi connectivity index (χ0v) is 18.8. The molecule has 0 aliphatic carbocycles. The van der Waals surface area contributed by atoms with E-state index in [-0.39, 0.29) is 41.9 Å². The third-order valence-corrected chi connectivity index (χ3v) is 6.12. The summed E-state index contributed by atoms with van der Waals surface area (Å²) >= 11 is 0. The summed E-state index contributed by atoms with van der Waals surface area (Å²) in [5, 5.41) is 5.47. The first-order valence-corrected chi connectivity index (χ1v) is 11.3. The second-order valence-electron chi connectivity index (χ2n) is 9.16. The van der Waals surface area contributed by atoms with Crippen molar-refractivity contribution in [1.82, 2.24) is 15.1 Å². The van der Waals surface area contributed by atoms with Crippen molar-refractivity contribution in [2.24, 2.45) is 11.8 Å². The lowest BCUT2D eigenvalue weighted by atomic mass is 10.0. The Morgan fingerprint density at radius 2 is 1.91 bits per heavy atom. The van der Waals surface area contributed by atoms with Crippen molar-refractivity contribution < 1.29 is 28.7 Å². The number of likely N-dealkylation sites (tertiary alicyclic amines) is 1. The third-order valence-electron chi connectivity index (χ3n) is 6.12. The number of fused-ring (bicyclic) bond motifs is 1. The molecular formula is C23H28N4O6. The van der Waals surface area contributed by atoms with Gasteiger partial charge >= 0.3 is 6.09 Å². The minimum absolute atomic E-state index is 0.0834. The Kier molecular flexibility index (Phi) is 6.35. The summed E-state index contributed by atoms with van der Waals surface area (Å²) in [6, 6.07) is 3.94. The average molecular weight is 456 g/mol. The number of carbonyl (C=O) groups excluding carboxylic acids is 5. The SMILES string of the molecule is CC(C)COC(=O)N1CCC(CNc2ccc3c(c2)C(=O)N(C2CCC(=O)NC2=O)C3=O)C1. The molecule has 2 saturated heterocycles. The molecule has 1 aromatic rings. The van der Waals surface area contributed by atoms with Gasteiger partial charge in [0.25, 0.3) is 11.8 Å². The van der Waals surface area contributed by atoms with Crippen LogP contribution in [-0.2, 0) is 14.3 Å². The lowest BCUT2D eigenvalue weighted by Crippen LogP contribution is -2.54. The van der Waals surface area contributed by atoms with Crippen molar-refractivity contribution in [3.05, 3.63) is 29.3 Å². The molecule has 2 unspecified atom stereocenters. The van der Waals surface area contributed by atoms with E-state index in [1.807, 2.05) is 13.8 Å². The number of benzene rings is 1. The summed E-state index contributed by atoms with van der Waals surface area (Å²) in [5.74, 6) is -1.57. The van der Waals surface area contributed by atoms with E-state index in [0.29, 0.717) is 31.9 Å². The van der Waals surface area contributed by atoms with Crippen LogP contribution in [0.2, 0.25) is 0 Å². The lowest BCUT2D eigenvalue weighted by Gasteiger charge is -2.27. The Morgan fingerprint density at radius 3 is 2.64 bits per heavy atom. The maximum absolute atomic E-state index is 12.9. The first-order chi connectivity index (χ1) is 15.7. The Balaban J connectivity index is 1.36. The average Bonchev–Trinajstić information content (AvgIpc) is 3.34. The molecule has 3 aliphatic rings. The molecule has 0 bridgehead atoms. The standard InChI is InChI=1S/C23H28N4O6/c1-13(2)12-33-23(32)26-8-7-14(11-26)10-24-15-3-4-16-17(9-15)22(31)27(21(16)30)18-5-6-19(28)25-20(18)29/h3-4,9,13-14,18,24H,5-8,10-12H2,1-2H3,(H,25,28,29). The molecule has 10 heteroatoms. The molecule has 0 radical (unpaired) electrons. The zero-order valence-electron chi connectivity index (χ0n) is 18.8. The van der Waals surface area contributed by atoms with E-state index in [1.165, 1.54) is 0 Å². The molecule has 0 spiro atoms. The maximum Gasteiger partial charge on any atom is 0.409 e. The quantitative estimate of drug-likeness (QED) is 0.623. The highest BCUT2D eigenvalue weighted by molar-refractivity contribution is 6.23. The van der Waals surface area contributed by atoms with Crippen molar-refractivity contribution in [2.75, 3.05) is 31.6 Å². The fraction of sp³-hybridized carbons (Fsp3) is 0.522. The van der Waals surface area contributed by atoms with Gasteiger partial charge in [0.2, 0.25) is 11.8 Å². The van der Waals surface area contributed by atoms with Crippen molar-refractivity contribution in [1.29, 1.82) is 0 Å². The number of piperidine rings is 1. The maximum atomic E-state index is 12.9. The molecule has 2 atom stereocenters. The van der Waals surface area contributed by atoms with Crippen LogP contribution >= 0.6 is 0 Å². The zero-order chi connectivity index (χ0) is 23.7. The van der Waals surface area contributed by atoms with Gasteiger partial charge in [-0.25, -0.2) is 4.79 Å². The number of rotatable bonds is 6. The molecule has 0 saturated carbocycles. The number of nitrogens with one attached hydrogen (secondary N) is 2. The van der Waals surface area contributed by atoms with Gasteiger partial charge in [-0.05, 0) is 42.9 Å². The van der Waals surface area contributed by atoms with E-state index in [9.17, 15) is 24.0 Å². The second-order valence-corrected chi connectivity index (χ2v) is 9.16. The van der Waals surface area contributed by atoms with Crippen LogP contribution in [0.3, 0.4) is 0 Å². The number of amides is 5. The topological polar surface area (TPSA) is 125 Å². The van der Waals surface area contributed by atoms with Crippen molar-refractivity contribution in [3.63, 3.8) is 0 Å². The third kappa shape index (κ3) is 4.69. The molecule has 0 aromatic heterocycles. The van der Waals surface area contributed by atoms with Crippen molar-refractivity contribution in [3.8, 4) is 0 Å². The molecule has 4 rings (SSSR count). The molecule has 176 valence electrons. The second kappa shape index (κ2) is 9.21. The van der Waals surface area contributed by atoms with E-state index >= 15 is 0 Å². The van der Waals surface area contributed by atoms with Crippen molar-refractivity contribution in [2.45, 2.75) is 39.2 Å². The normalized spacial score (nSPS) is 22.6. The summed E-state index contributed by atoms with van der Waals surface area (Å²) < 4.78 is 5.29. The number of nitrogens with zero attached hydrogens (tertiary/aromatic N) is 2. The van der Waals surface area contributed by atoms with Gasteiger partial charge in [-0.3, -0.25) is 29.4 Å². The van der Waals surface area contributed by atoms with Crippen LogP contribution in [0.4, 0.5) is 10.5 Å². The first-order valence-electron chi connectivity index (χ1n) is 11.3. The van der Waals surface area contributed by atoms with Crippen molar-refractivity contribution >= 4 is 35.4 Å². The van der Waals surface area contributed by atoms with E-state index < -0.39 is 29.7 Å². The molecular weight excluding hydrogens is 428 g/mol. The molecule has 2 N–H and O–H groups in total. The van der Waals surface area contributed by atoms with E-state index in [1.54, 1.807) is 23.1 Å². The van der Waals surface area contributed by atoms with E-state index in [0.717, 1.165) is 11.3 Å². The minimum atomic E-state index is -0.980. The van der Waals surface area contributed by atoms with Gasteiger partial charge < -0.3 is 15.0 Å². The highest BCUT2D eigenvalue weighted by Gasteiger charge is 2.44. The highest BCUT2D eigenvalue weighted by Crippen LogP contribution is 2.30. The molecule has 5 amide bonds. The molecule has 33 heavy (non-hydrogen) atoms. The van der Waals surface area contributed by atoms with Gasteiger partial charge in [0, 0.05) is 31.7 Å². The van der Waals surface area contributed by atoms with E-state index in [2.05, 4.69) is 10.6 Å². The summed E-state index contributed by atoms with van der Waals surface area (Å²) in [4.78, 5) is 64.1. The lowest BCUT2D eigenvalue weighted by molar-refractivity contribution is -0.136. The predicted octanol–water partition coefficient (Wildman–Crippen LogP) is 1.61. The fourth-order valence-electron chi connectivity index (χ4n) is 4.34. The van der Waals surface area contributed by atoms with Gasteiger partial charge in [-0.2, -0.15) is 0 Å². The smallest absolute Gasteiger partial charge is 0.409 e. The van der Waals surface area contributed by atoms with Crippen LogP contribution in [0, 0.1) is 11.8 Å². The molecule has 2 fully saturated rings.